The van der Waals surface area contributed by atoms with E-state index in [0.717, 1.165) is 25.8 Å². The molecule has 16 heteroatoms. The molecule has 1 amide bonds. The van der Waals surface area contributed by atoms with Crippen molar-refractivity contribution in [1.29, 1.82) is 0 Å². The molecular weight excluding hydrogens is 866 g/mol. The first-order valence-corrected chi connectivity index (χ1v) is 25.8. The number of aromatic nitrogens is 3. The van der Waals surface area contributed by atoms with E-state index in [-0.39, 0.29) is 88.3 Å². The summed E-state index contributed by atoms with van der Waals surface area (Å²) in [4.78, 5) is 34.6. The number of amides is 1. The summed E-state index contributed by atoms with van der Waals surface area (Å²) in [6.07, 6.45) is 2.07. The van der Waals surface area contributed by atoms with Crippen molar-refractivity contribution in [3.8, 4) is 40.4 Å². The maximum atomic E-state index is 18.1. The van der Waals surface area contributed by atoms with Gasteiger partial charge in [0.05, 0.1) is 29.2 Å². The number of carbonyl (C=O) groups excluding carboxylic acids is 1. The van der Waals surface area contributed by atoms with E-state index in [4.69, 9.17) is 38.6 Å². The quantitative estimate of drug-likeness (QED) is 0.0861. The molecule has 2 bridgehead atoms. The lowest BCUT2D eigenvalue weighted by atomic mass is 9.95. The predicted molar refractivity (Wildman–Crippen MR) is 251 cm³/mol. The molecule has 0 spiro atoms. The van der Waals surface area contributed by atoms with Crippen molar-refractivity contribution < 1.29 is 41.7 Å². The minimum atomic E-state index is -2.36. The number of rotatable bonds is 10. The standard InChI is InChI=1S/C50H63F3N6O6Si/c1-28(2)66(29(3)4,30(5)6)19-16-35-37(52)14-12-31-20-34(64-27-61-10)21-36(40(31)35)43-42(53)44-41-45(56-47(55-44)63-26-50-17-11-18-57(50)23-32(51)22-50)58-24-33-13-15-38(39(58)25-62-46(41)54-43)59(33)48(60)65-49(7,8)9/h12,14,20-21,28-30,32-33,38-39H,11,13,15,17-18,22-27H2,1-10H3/t32-,33+,38-,39+,50-/m1/s1. The molecule has 66 heavy (non-hydrogen) atoms. The Bertz CT molecular complexity index is 2590. The molecule has 0 saturated carbocycles. The number of hydrogen-bond donors (Lipinski definition) is 0. The number of alkyl halides is 1. The van der Waals surface area contributed by atoms with Crippen LogP contribution in [0.15, 0.2) is 24.3 Å². The average molecular weight is 929 g/mol. The number of benzene rings is 2. The van der Waals surface area contributed by atoms with Gasteiger partial charge in [-0.2, -0.15) is 9.97 Å². The third-order valence-corrected chi connectivity index (χ3v) is 21.2. The summed E-state index contributed by atoms with van der Waals surface area (Å²) in [5, 5.41) is 1.19. The molecule has 12 nitrogen and oxygen atoms in total. The molecule has 2 aromatic heterocycles. The largest absolute Gasteiger partial charge is 0.475 e. The molecule has 4 saturated heterocycles. The number of anilines is 1. The Labute approximate surface area is 386 Å². The van der Waals surface area contributed by atoms with Gasteiger partial charge in [-0.3, -0.25) is 9.80 Å². The van der Waals surface area contributed by atoms with Crippen molar-refractivity contribution >= 4 is 41.7 Å². The van der Waals surface area contributed by atoms with Crippen LogP contribution < -0.4 is 19.1 Å². The van der Waals surface area contributed by atoms with Crippen LogP contribution in [0.5, 0.6) is 17.6 Å². The molecule has 9 rings (SSSR count). The molecule has 4 aromatic rings. The number of halogens is 3. The van der Waals surface area contributed by atoms with E-state index in [1.54, 1.807) is 18.2 Å². The second-order valence-electron chi connectivity index (χ2n) is 20.9. The molecule has 354 valence electrons. The van der Waals surface area contributed by atoms with Crippen molar-refractivity contribution in [3.63, 3.8) is 0 Å². The highest BCUT2D eigenvalue weighted by atomic mass is 28.3. The summed E-state index contributed by atoms with van der Waals surface area (Å²) < 4.78 is 79.9. The highest BCUT2D eigenvalue weighted by Gasteiger charge is 2.53. The van der Waals surface area contributed by atoms with Gasteiger partial charge >= 0.3 is 12.1 Å². The molecule has 5 aliphatic rings. The first-order valence-electron chi connectivity index (χ1n) is 23.6. The smallest absolute Gasteiger partial charge is 0.410 e. The van der Waals surface area contributed by atoms with Gasteiger partial charge in [0.25, 0.3) is 0 Å². The Morgan fingerprint density at radius 3 is 2.45 bits per heavy atom. The molecule has 0 N–H and O–H groups in total. The van der Waals surface area contributed by atoms with Crippen LogP contribution in [-0.4, -0.2) is 121 Å². The van der Waals surface area contributed by atoms with Gasteiger partial charge in [0.15, 0.2) is 12.6 Å². The van der Waals surface area contributed by atoms with Crippen molar-refractivity contribution in [2.24, 2.45) is 0 Å². The first-order chi connectivity index (χ1) is 31.4. The zero-order valence-electron chi connectivity index (χ0n) is 39.9. The number of fused-ring (bicyclic) bond motifs is 7. The van der Waals surface area contributed by atoms with E-state index in [2.05, 4.69) is 62.8 Å². The number of pyridine rings is 1. The predicted octanol–water partition coefficient (Wildman–Crippen LogP) is 9.98. The number of nitrogens with zero attached hydrogens (tertiary/aromatic N) is 6. The Balaban J connectivity index is 1.25. The van der Waals surface area contributed by atoms with Crippen LogP contribution in [-0.2, 0) is 9.47 Å². The van der Waals surface area contributed by atoms with E-state index in [0.29, 0.717) is 48.3 Å². The fourth-order valence-electron chi connectivity index (χ4n) is 12.1. The van der Waals surface area contributed by atoms with Crippen molar-refractivity contribution in [2.75, 3.05) is 51.7 Å². The fraction of sp³-hybridized carbons (Fsp3) is 0.600. The monoisotopic (exact) mass is 928 g/mol. The second kappa shape index (κ2) is 17.3. The summed E-state index contributed by atoms with van der Waals surface area (Å²) in [7, 11) is -0.860. The summed E-state index contributed by atoms with van der Waals surface area (Å²) in [6, 6.07) is 5.41. The van der Waals surface area contributed by atoms with Gasteiger partial charge in [0, 0.05) is 37.6 Å². The van der Waals surface area contributed by atoms with Gasteiger partial charge in [0.1, 0.15) is 67.0 Å². The van der Waals surface area contributed by atoms with Crippen LogP contribution in [0.1, 0.15) is 100.0 Å². The lowest BCUT2D eigenvalue weighted by Gasteiger charge is -2.46. The van der Waals surface area contributed by atoms with E-state index < -0.39 is 49.2 Å². The average Bonchev–Trinajstić information content (AvgIpc) is 3.86. The maximum absolute atomic E-state index is 18.1. The first kappa shape index (κ1) is 46.3. The summed E-state index contributed by atoms with van der Waals surface area (Å²) >= 11 is 0. The Morgan fingerprint density at radius 1 is 0.985 bits per heavy atom. The Hall–Kier alpha value is -4.85. The Morgan fingerprint density at radius 2 is 1.74 bits per heavy atom. The van der Waals surface area contributed by atoms with E-state index in [9.17, 15) is 9.18 Å². The summed E-state index contributed by atoms with van der Waals surface area (Å²) in [6.45, 7) is 20.3. The van der Waals surface area contributed by atoms with Crippen LogP contribution in [0.25, 0.3) is 32.9 Å². The van der Waals surface area contributed by atoms with Gasteiger partial charge in [-0.05, 0) is 93.2 Å². The zero-order valence-corrected chi connectivity index (χ0v) is 40.9. The van der Waals surface area contributed by atoms with Gasteiger partial charge in [-0.1, -0.05) is 53.5 Å². The molecule has 2 aromatic carbocycles. The van der Waals surface area contributed by atoms with E-state index >= 15 is 8.78 Å². The summed E-state index contributed by atoms with van der Waals surface area (Å²) in [5.74, 6) is 2.81. The lowest BCUT2D eigenvalue weighted by Crippen LogP contribution is -2.63. The topological polar surface area (TPSA) is 112 Å². The zero-order chi connectivity index (χ0) is 47.0. The normalized spacial score (nSPS) is 23.9. The number of piperazine rings is 1. The van der Waals surface area contributed by atoms with Crippen LogP contribution >= 0.6 is 0 Å². The van der Waals surface area contributed by atoms with Crippen LogP contribution in [0.4, 0.5) is 23.8 Å². The van der Waals surface area contributed by atoms with E-state index in [1.165, 1.54) is 13.2 Å². The van der Waals surface area contributed by atoms with Crippen LogP contribution in [0.3, 0.4) is 0 Å². The molecule has 0 aliphatic carbocycles. The third-order valence-electron chi connectivity index (χ3n) is 14.9. The van der Waals surface area contributed by atoms with Crippen LogP contribution in [0.2, 0.25) is 16.6 Å². The number of ether oxygens (including phenoxy) is 5. The van der Waals surface area contributed by atoms with E-state index in [1.807, 2.05) is 25.7 Å². The van der Waals surface area contributed by atoms with Gasteiger partial charge in [-0.25, -0.2) is 22.9 Å². The van der Waals surface area contributed by atoms with Gasteiger partial charge in [0.2, 0.25) is 5.88 Å². The second-order valence-corrected chi connectivity index (χ2v) is 26.5. The van der Waals surface area contributed by atoms with Gasteiger partial charge < -0.3 is 28.6 Å². The summed E-state index contributed by atoms with van der Waals surface area (Å²) in [5.41, 5.74) is 3.43. The molecular formula is C50H63F3N6O6Si. The minimum absolute atomic E-state index is 0.0670. The molecule has 4 fully saturated rings. The fourth-order valence-corrected chi connectivity index (χ4v) is 17.3. The maximum Gasteiger partial charge on any atom is 0.410 e. The van der Waals surface area contributed by atoms with Crippen molar-refractivity contribution in [1.82, 2.24) is 24.8 Å². The molecule has 0 unspecified atom stereocenters. The highest BCUT2D eigenvalue weighted by molar-refractivity contribution is 6.90. The number of methoxy groups -OCH3 is 1. The molecule has 5 atom stereocenters. The Kier molecular flexibility index (Phi) is 12.2. The lowest BCUT2D eigenvalue weighted by molar-refractivity contribution is 0.00537. The number of carbonyl (C=O) groups is 1. The highest BCUT2D eigenvalue weighted by Crippen LogP contribution is 2.48. The molecule has 0 radical (unpaired) electrons. The molecule has 5 aliphatic heterocycles. The SMILES string of the molecule is COCOc1cc(-c2nc3c4c(nc(OC[C@]56CCCN5C[C@H](F)C6)nc4c2F)N2C[C@@H]4CC[C@H]([C@@H]2CO3)N4C(=O)OC(C)(C)C)c2c(C#C[Si](C(C)C)(C(C)C)C(C)C)c(F)ccc2c1. The van der Waals surface area contributed by atoms with Crippen molar-refractivity contribution in [2.45, 2.75) is 146 Å². The van der Waals surface area contributed by atoms with Crippen molar-refractivity contribution in [3.05, 3.63) is 41.5 Å². The van der Waals surface area contributed by atoms with Crippen LogP contribution in [0, 0.1) is 23.1 Å². The minimum Gasteiger partial charge on any atom is -0.475 e. The van der Waals surface area contributed by atoms with Gasteiger partial charge in [-0.15, -0.1) is 5.54 Å². The number of hydrogen-bond acceptors (Lipinski definition) is 11. The third kappa shape index (κ3) is 7.90. The molecule has 7 heterocycles.